The van der Waals surface area contributed by atoms with Crippen LogP contribution in [0.25, 0.3) is 11.2 Å². The van der Waals surface area contributed by atoms with Crippen LogP contribution in [0.15, 0.2) is 43.0 Å². The fraction of sp³-hybridized carbons (Fsp3) is 0.618. The first kappa shape index (κ1) is 38.9. The van der Waals surface area contributed by atoms with Gasteiger partial charge in [0.1, 0.15) is 18.5 Å². The van der Waals surface area contributed by atoms with Gasteiger partial charge in [0, 0.05) is 18.7 Å². The molecule has 6 rings (SSSR count). The number of hydrogen-bond acceptors (Lipinski definition) is 12. The summed E-state index contributed by atoms with van der Waals surface area (Å²) in [6, 6.07) is 8.85. The number of anilines is 1. The van der Waals surface area contributed by atoms with Gasteiger partial charge in [0.05, 0.1) is 24.4 Å². The Bertz CT molecular complexity index is 1850. The van der Waals surface area contributed by atoms with E-state index in [0.29, 0.717) is 16.7 Å². The molecule has 3 aromatic rings. The van der Waals surface area contributed by atoms with Crippen molar-refractivity contribution in [2.24, 2.45) is 0 Å². The number of sulfone groups is 1. The van der Waals surface area contributed by atoms with Crippen molar-refractivity contribution < 1.29 is 35.7 Å². The lowest BCUT2D eigenvalue weighted by Gasteiger charge is -2.51. The molecule has 52 heavy (non-hydrogen) atoms. The average Bonchev–Trinajstić information content (AvgIpc) is 3.65. The summed E-state index contributed by atoms with van der Waals surface area (Å²) < 4.78 is 61.7. The van der Waals surface area contributed by atoms with Gasteiger partial charge in [0.15, 0.2) is 39.2 Å². The van der Waals surface area contributed by atoms with Crippen LogP contribution in [0.4, 0.5) is 5.82 Å². The van der Waals surface area contributed by atoms with Gasteiger partial charge in [-0.05, 0) is 46.5 Å². The van der Waals surface area contributed by atoms with Crippen LogP contribution < -0.4 is 5.32 Å². The van der Waals surface area contributed by atoms with Crippen LogP contribution in [0.1, 0.15) is 72.0 Å². The van der Waals surface area contributed by atoms with E-state index < -0.39 is 51.5 Å². The van der Waals surface area contributed by atoms with Crippen LogP contribution in [0, 0.1) is 0 Å². The zero-order chi connectivity index (χ0) is 37.6. The molecule has 2 aromatic heterocycles. The molecule has 0 aliphatic carbocycles. The Hall–Kier alpha value is -2.85. The maximum Gasteiger partial charge on any atom is 0.335 e. The number of rotatable bonds is 8. The van der Waals surface area contributed by atoms with Gasteiger partial charge in [-0.3, -0.25) is 9.36 Å². The second kappa shape index (κ2) is 15.1. The van der Waals surface area contributed by atoms with Crippen molar-refractivity contribution in [3.8, 4) is 0 Å². The molecule has 1 N–H and O–H groups in total. The van der Waals surface area contributed by atoms with E-state index in [4.69, 9.17) is 34.7 Å². The number of imidazole rings is 1. The molecule has 4 atom stereocenters. The maximum absolute atomic E-state index is 13.1. The van der Waals surface area contributed by atoms with Gasteiger partial charge < -0.3 is 32.7 Å². The third-order valence-electron chi connectivity index (χ3n) is 10.4. The van der Waals surface area contributed by atoms with Crippen LogP contribution in [0.3, 0.4) is 0 Å². The SMILES string of the molecule is CC(C)[Si]1(C(C)C)OC[C@H]2O[C@@H](n3cnc4c(NC(=O)c5ccccc5)ncnc43)[C@@H](OC(=S)N3CCS(=O)(=O)CC3)C2O[Si](C(C)C)(C(C)C)O1. The average molecular weight is 791 g/mol. The van der Waals surface area contributed by atoms with Gasteiger partial charge in [-0.1, -0.05) is 73.6 Å². The number of carbonyl (C=O) groups is 1. The standard InChI is InChI=1S/C34H50N6O8S2Si2/c1-21(2)51(22(3)4)44-18-26-28(47-52(48-51,23(5)6)24(7)8)29(46-34(49)39-14-16-50(42,43)17-15-39)33(45-26)40-20-37-27-30(35-19-36-31(27)40)38-32(41)25-12-10-9-11-13-25/h9-13,19-24,26,28-29,33H,14-18H2,1-8H3,(H,35,36,38,41)/t26-,28?,29+,33-/m1/s1. The Morgan fingerprint density at radius 3 is 2.19 bits per heavy atom. The second-order valence-electron chi connectivity index (χ2n) is 15.0. The van der Waals surface area contributed by atoms with Crippen molar-refractivity contribution >= 4 is 67.2 Å². The molecule has 0 radical (unpaired) electrons. The minimum Gasteiger partial charge on any atom is -0.460 e. The largest absolute Gasteiger partial charge is 0.460 e. The fourth-order valence-corrected chi connectivity index (χ4v) is 20.2. The van der Waals surface area contributed by atoms with E-state index in [2.05, 4.69) is 75.7 Å². The summed E-state index contributed by atoms with van der Waals surface area (Å²) in [5.74, 6) is -0.120. The molecule has 3 saturated heterocycles. The van der Waals surface area contributed by atoms with Crippen molar-refractivity contribution in [1.29, 1.82) is 0 Å². The van der Waals surface area contributed by atoms with Crippen LogP contribution in [0.2, 0.25) is 22.2 Å². The zero-order valence-corrected chi connectivity index (χ0v) is 34.6. The summed E-state index contributed by atoms with van der Waals surface area (Å²) in [7, 11) is -9.13. The number of thiocarbonyl (C=S) groups is 1. The van der Waals surface area contributed by atoms with Gasteiger partial charge >= 0.3 is 17.1 Å². The third-order valence-corrected chi connectivity index (χ3v) is 22.6. The normalized spacial score (nSPS) is 25.7. The van der Waals surface area contributed by atoms with Crippen LogP contribution in [-0.4, -0.2) is 111 Å². The molecule has 3 aliphatic heterocycles. The summed E-state index contributed by atoms with van der Waals surface area (Å²) in [5, 5.41) is 3.02. The maximum atomic E-state index is 13.1. The number of hydrogen-bond donors (Lipinski definition) is 1. The molecule has 284 valence electrons. The van der Waals surface area contributed by atoms with Crippen molar-refractivity contribution in [1.82, 2.24) is 24.4 Å². The number of ether oxygens (including phenoxy) is 2. The lowest BCUT2D eigenvalue weighted by molar-refractivity contribution is -0.0568. The Morgan fingerprint density at radius 2 is 1.58 bits per heavy atom. The summed E-state index contributed by atoms with van der Waals surface area (Å²) in [6.45, 7) is 17.9. The lowest BCUT2D eigenvalue weighted by atomic mass is 10.1. The highest BCUT2D eigenvalue weighted by Gasteiger charge is 2.62. The number of carbonyl (C=O) groups excluding carboxylic acids is 1. The molecule has 5 heterocycles. The molecule has 0 bridgehead atoms. The summed E-state index contributed by atoms with van der Waals surface area (Å²) in [5.41, 5.74) is 1.63. The minimum absolute atomic E-state index is 0.0142. The minimum atomic E-state index is -3.15. The molecule has 1 amide bonds. The van der Waals surface area contributed by atoms with Gasteiger partial charge in [0.25, 0.3) is 11.1 Å². The Balaban J connectivity index is 1.42. The summed E-state index contributed by atoms with van der Waals surface area (Å²) in [6.07, 6.45) is 0.0322. The molecule has 0 saturated carbocycles. The highest BCUT2D eigenvalue weighted by molar-refractivity contribution is 7.91. The molecule has 1 unspecified atom stereocenters. The molecular formula is C34H50N6O8S2Si2. The van der Waals surface area contributed by atoms with Crippen molar-refractivity contribution in [2.45, 2.75) is 102 Å². The Morgan fingerprint density at radius 1 is 0.942 bits per heavy atom. The smallest absolute Gasteiger partial charge is 0.335 e. The zero-order valence-electron chi connectivity index (χ0n) is 31.0. The first-order valence-electron chi connectivity index (χ1n) is 18.0. The van der Waals surface area contributed by atoms with Gasteiger partial charge in [0.2, 0.25) is 0 Å². The first-order valence-corrected chi connectivity index (χ1v) is 24.1. The fourth-order valence-electron chi connectivity index (χ4n) is 7.46. The van der Waals surface area contributed by atoms with E-state index in [1.54, 1.807) is 40.1 Å². The predicted molar refractivity (Wildman–Crippen MR) is 205 cm³/mol. The number of nitrogens with one attached hydrogen (secondary N) is 1. The van der Waals surface area contributed by atoms with Gasteiger partial charge in [-0.2, -0.15) is 0 Å². The first-order chi connectivity index (χ1) is 24.6. The van der Waals surface area contributed by atoms with Crippen LogP contribution in [0.5, 0.6) is 0 Å². The molecule has 18 heteroatoms. The summed E-state index contributed by atoms with van der Waals surface area (Å²) in [4.78, 5) is 28.4. The highest BCUT2D eigenvalue weighted by Crippen LogP contribution is 2.49. The monoisotopic (exact) mass is 790 g/mol. The van der Waals surface area contributed by atoms with E-state index in [0.717, 1.165) is 0 Å². The van der Waals surface area contributed by atoms with Crippen molar-refractivity contribution in [3.63, 3.8) is 0 Å². The highest BCUT2D eigenvalue weighted by atomic mass is 32.2. The van der Waals surface area contributed by atoms with E-state index in [9.17, 15) is 13.2 Å². The molecule has 1 aromatic carbocycles. The van der Waals surface area contributed by atoms with Crippen LogP contribution in [-0.2, 0) is 32.3 Å². The predicted octanol–water partition coefficient (Wildman–Crippen LogP) is 5.33. The van der Waals surface area contributed by atoms with E-state index >= 15 is 0 Å². The Labute approximate surface area is 313 Å². The molecule has 0 spiro atoms. The number of fused-ring (bicyclic) bond motifs is 2. The lowest BCUT2D eigenvalue weighted by Crippen LogP contribution is -2.66. The van der Waals surface area contributed by atoms with Gasteiger partial charge in [-0.25, -0.2) is 23.4 Å². The number of aromatic nitrogens is 4. The van der Waals surface area contributed by atoms with E-state index in [-0.39, 0.29) is 70.3 Å². The second-order valence-corrected chi connectivity index (χ2v) is 26.5. The van der Waals surface area contributed by atoms with Crippen LogP contribution >= 0.6 is 12.2 Å². The number of benzene rings is 1. The van der Waals surface area contributed by atoms with Gasteiger partial charge in [-0.15, -0.1) is 0 Å². The third kappa shape index (κ3) is 7.32. The quantitative estimate of drug-likeness (QED) is 0.231. The number of nitrogens with zero attached hydrogens (tertiary/aromatic N) is 5. The van der Waals surface area contributed by atoms with E-state index in [1.807, 2.05) is 6.07 Å². The number of amides is 1. The molecular weight excluding hydrogens is 741 g/mol. The van der Waals surface area contributed by atoms with E-state index in [1.165, 1.54) is 6.33 Å². The Kier molecular flexibility index (Phi) is 11.3. The summed E-state index contributed by atoms with van der Waals surface area (Å²) >= 11 is 5.85. The molecule has 14 nitrogen and oxygen atoms in total. The topological polar surface area (TPSA) is 156 Å². The van der Waals surface area contributed by atoms with Crippen molar-refractivity contribution in [3.05, 3.63) is 48.5 Å². The molecule has 3 aliphatic rings. The van der Waals surface area contributed by atoms with Crippen molar-refractivity contribution in [2.75, 3.05) is 36.5 Å². The molecule has 3 fully saturated rings.